The maximum atomic E-state index is 5.39. The molecule has 1 aliphatic carbocycles. The Morgan fingerprint density at radius 1 is 1.44 bits per heavy atom. The molecule has 0 amide bonds. The molecule has 1 aliphatic rings. The zero-order valence-electron chi connectivity index (χ0n) is 11.9. The third-order valence-electron chi connectivity index (χ3n) is 4.30. The van der Waals surface area contributed by atoms with Crippen LogP contribution < -0.4 is 0 Å². The fourth-order valence-corrected chi connectivity index (χ4v) is 3.51. The Morgan fingerprint density at radius 3 is 2.89 bits per heavy atom. The van der Waals surface area contributed by atoms with Gasteiger partial charge in [0.25, 0.3) is 0 Å². The predicted octanol–water partition coefficient (Wildman–Crippen LogP) is 4.89. The smallest absolute Gasteiger partial charge is 0.177 e. The van der Waals surface area contributed by atoms with Crippen molar-refractivity contribution in [3.8, 4) is 0 Å². The van der Waals surface area contributed by atoms with Crippen LogP contribution >= 0.6 is 12.2 Å². The number of hydrogen-bond donors (Lipinski definition) is 1. The molecule has 2 nitrogen and oxygen atoms in total. The molecule has 1 aromatic heterocycles. The SMILES string of the molecule is CC1CCCC(CCn2c(C(C)C)c[nH]c2=S)C1. The molecule has 1 fully saturated rings. The molecule has 1 N–H and O–H groups in total. The molecule has 18 heavy (non-hydrogen) atoms. The van der Waals surface area contributed by atoms with Crippen LogP contribution in [0.5, 0.6) is 0 Å². The Balaban J connectivity index is 1.97. The van der Waals surface area contributed by atoms with E-state index in [1.54, 1.807) is 0 Å². The van der Waals surface area contributed by atoms with E-state index in [-0.39, 0.29) is 0 Å². The van der Waals surface area contributed by atoms with Crippen LogP contribution in [0.15, 0.2) is 6.20 Å². The topological polar surface area (TPSA) is 20.7 Å². The highest BCUT2D eigenvalue weighted by Gasteiger charge is 2.19. The van der Waals surface area contributed by atoms with Crippen LogP contribution in [0.3, 0.4) is 0 Å². The number of aromatic amines is 1. The quantitative estimate of drug-likeness (QED) is 0.770. The summed E-state index contributed by atoms with van der Waals surface area (Å²) in [6.45, 7) is 7.95. The van der Waals surface area contributed by atoms with Crippen molar-refractivity contribution in [2.24, 2.45) is 11.8 Å². The van der Waals surface area contributed by atoms with E-state index >= 15 is 0 Å². The summed E-state index contributed by atoms with van der Waals surface area (Å²) in [5, 5.41) is 0. The monoisotopic (exact) mass is 266 g/mol. The van der Waals surface area contributed by atoms with Crippen molar-refractivity contribution < 1.29 is 0 Å². The van der Waals surface area contributed by atoms with Gasteiger partial charge in [0.2, 0.25) is 0 Å². The van der Waals surface area contributed by atoms with Crippen LogP contribution in [0.4, 0.5) is 0 Å². The second-order valence-electron chi connectivity index (χ2n) is 6.25. The first-order valence-corrected chi connectivity index (χ1v) is 7.77. The third kappa shape index (κ3) is 3.25. The lowest BCUT2D eigenvalue weighted by atomic mass is 9.81. The van der Waals surface area contributed by atoms with Gasteiger partial charge in [0.15, 0.2) is 4.77 Å². The third-order valence-corrected chi connectivity index (χ3v) is 4.64. The van der Waals surface area contributed by atoms with Crippen molar-refractivity contribution in [3.63, 3.8) is 0 Å². The Morgan fingerprint density at radius 2 is 2.22 bits per heavy atom. The first-order valence-electron chi connectivity index (χ1n) is 7.36. The molecule has 2 rings (SSSR count). The van der Waals surface area contributed by atoms with Gasteiger partial charge < -0.3 is 9.55 Å². The number of imidazole rings is 1. The van der Waals surface area contributed by atoms with Crippen molar-refractivity contribution in [2.45, 2.75) is 65.3 Å². The molecule has 0 aliphatic heterocycles. The van der Waals surface area contributed by atoms with Crippen LogP contribution in [-0.2, 0) is 6.54 Å². The van der Waals surface area contributed by atoms with E-state index in [1.807, 2.05) is 0 Å². The van der Waals surface area contributed by atoms with Crippen LogP contribution in [0, 0.1) is 16.6 Å². The zero-order chi connectivity index (χ0) is 13.1. The molecule has 1 saturated carbocycles. The summed E-state index contributed by atoms with van der Waals surface area (Å²) in [5.41, 5.74) is 1.35. The highest BCUT2D eigenvalue weighted by atomic mass is 32.1. The van der Waals surface area contributed by atoms with Gasteiger partial charge in [-0.2, -0.15) is 0 Å². The number of rotatable bonds is 4. The highest BCUT2D eigenvalue weighted by molar-refractivity contribution is 7.71. The van der Waals surface area contributed by atoms with Gasteiger partial charge in [0.1, 0.15) is 0 Å². The summed E-state index contributed by atoms with van der Waals surface area (Å²) < 4.78 is 3.20. The molecule has 3 heteroatoms. The second kappa shape index (κ2) is 6.05. The van der Waals surface area contributed by atoms with Gasteiger partial charge in [0.05, 0.1) is 0 Å². The van der Waals surface area contributed by atoms with Crippen LogP contribution in [-0.4, -0.2) is 9.55 Å². The lowest BCUT2D eigenvalue weighted by molar-refractivity contribution is 0.260. The standard InChI is InChI=1S/C15H26N2S/c1-11(2)14-10-16-15(18)17(14)8-7-13-6-4-5-12(3)9-13/h10-13H,4-9H2,1-3H3,(H,16,18). The number of nitrogens with one attached hydrogen (secondary N) is 1. The molecule has 1 heterocycles. The number of H-pyrrole nitrogens is 1. The van der Waals surface area contributed by atoms with E-state index in [0.29, 0.717) is 5.92 Å². The highest BCUT2D eigenvalue weighted by Crippen LogP contribution is 2.31. The number of aromatic nitrogens is 2. The normalized spacial score (nSPS) is 24.7. The van der Waals surface area contributed by atoms with E-state index in [4.69, 9.17) is 12.2 Å². The van der Waals surface area contributed by atoms with Crippen LogP contribution in [0.2, 0.25) is 0 Å². The predicted molar refractivity (Wildman–Crippen MR) is 79.4 cm³/mol. The van der Waals surface area contributed by atoms with Crippen LogP contribution in [0.25, 0.3) is 0 Å². The molecule has 2 atom stereocenters. The summed E-state index contributed by atoms with van der Waals surface area (Å²) in [6.07, 6.45) is 9.04. The summed E-state index contributed by atoms with van der Waals surface area (Å²) in [6, 6.07) is 0. The van der Waals surface area contributed by atoms with Crippen LogP contribution in [0.1, 0.15) is 64.5 Å². The van der Waals surface area contributed by atoms with Crippen molar-refractivity contribution in [2.75, 3.05) is 0 Å². The lowest BCUT2D eigenvalue weighted by Gasteiger charge is -2.27. The Bertz CT molecular complexity index is 430. The van der Waals surface area contributed by atoms with Gasteiger partial charge in [-0.15, -0.1) is 0 Å². The molecule has 1 aromatic rings. The zero-order valence-corrected chi connectivity index (χ0v) is 12.7. The summed E-state index contributed by atoms with van der Waals surface area (Å²) in [5.74, 6) is 2.38. The Hall–Kier alpha value is -0.570. The molecular formula is C15H26N2S. The molecule has 0 spiro atoms. The molecule has 0 bridgehead atoms. The molecule has 0 aromatic carbocycles. The Labute approximate surface area is 116 Å². The maximum absolute atomic E-state index is 5.39. The minimum absolute atomic E-state index is 0.545. The summed E-state index contributed by atoms with van der Waals surface area (Å²) in [4.78, 5) is 3.19. The van der Waals surface area contributed by atoms with Crippen molar-refractivity contribution in [1.29, 1.82) is 0 Å². The Kier molecular flexibility index (Phi) is 4.66. The fraction of sp³-hybridized carbons (Fsp3) is 0.800. The average Bonchev–Trinajstić information content (AvgIpc) is 2.68. The van der Waals surface area contributed by atoms with E-state index in [2.05, 4.69) is 36.5 Å². The summed E-state index contributed by atoms with van der Waals surface area (Å²) >= 11 is 5.39. The first kappa shape index (κ1) is 13.9. The van der Waals surface area contributed by atoms with E-state index in [1.165, 1.54) is 37.8 Å². The van der Waals surface area contributed by atoms with Crippen molar-refractivity contribution in [1.82, 2.24) is 9.55 Å². The minimum atomic E-state index is 0.545. The van der Waals surface area contributed by atoms with Gasteiger partial charge in [-0.25, -0.2) is 0 Å². The molecule has 0 saturated heterocycles. The maximum Gasteiger partial charge on any atom is 0.177 e. The van der Waals surface area contributed by atoms with E-state index in [9.17, 15) is 0 Å². The van der Waals surface area contributed by atoms with Gasteiger partial charge >= 0.3 is 0 Å². The van der Waals surface area contributed by atoms with Gasteiger partial charge in [-0.05, 0) is 42.8 Å². The van der Waals surface area contributed by atoms with Gasteiger partial charge in [-0.1, -0.05) is 40.0 Å². The molecule has 0 radical (unpaired) electrons. The molecule has 2 unspecified atom stereocenters. The van der Waals surface area contributed by atoms with Gasteiger partial charge in [-0.3, -0.25) is 0 Å². The average molecular weight is 266 g/mol. The van der Waals surface area contributed by atoms with E-state index in [0.717, 1.165) is 23.2 Å². The van der Waals surface area contributed by atoms with Crippen molar-refractivity contribution in [3.05, 3.63) is 16.7 Å². The fourth-order valence-electron chi connectivity index (χ4n) is 3.25. The number of hydrogen-bond acceptors (Lipinski definition) is 1. The van der Waals surface area contributed by atoms with Gasteiger partial charge in [0, 0.05) is 18.4 Å². The van der Waals surface area contributed by atoms with E-state index < -0.39 is 0 Å². The first-order chi connectivity index (χ1) is 8.58. The largest absolute Gasteiger partial charge is 0.337 e. The molecule has 102 valence electrons. The second-order valence-corrected chi connectivity index (χ2v) is 6.64. The summed E-state index contributed by atoms with van der Waals surface area (Å²) in [7, 11) is 0. The van der Waals surface area contributed by atoms with Crippen molar-refractivity contribution >= 4 is 12.2 Å². The molecular weight excluding hydrogens is 240 g/mol. The minimum Gasteiger partial charge on any atom is -0.337 e. The number of nitrogens with zero attached hydrogens (tertiary/aromatic N) is 1. The lowest BCUT2D eigenvalue weighted by Crippen LogP contribution is -2.16.